The summed E-state index contributed by atoms with van der Waals surface area (Å²) in [7, 11) is 0. The molecule has 0 aromatic heterocycles. The number of halogens is 2. The number of thioether (sulfide) groups is 1. The Hall–Kier alpha value is 0.140. The monoisotopic (exact) mass is 294 g/mol. The molecular weight excluding hydrogens is 284 g/mol. The molecule has 0 amide bonds. The molecule has 0 radical (unpaired) electrons. The highest BCUT2D eigenvalue weighted by Gasteiger charge is 2.01. The first-order valence-corrected chi connectivity index (χ1v) is 7.13. The van der Waals surface area contributed by atoms with Gasteiger partial charge in [-0.2, -0.15) is 11.8 Å². The lowest BCUT2D eigenvalue weighted by Gasteiger charge is -2.07. The van der Waals surface area contributed by atoms with Gasteiger partial charge < -0.3 is 4.74 Å². The summed E-state index contributed by atoms with van der Waals surface area (Å²) in [6, 6.07) is 5.85. The van der Waals surface area contributed by atoms with Crippen molar-refractivity contribution < 1.29 is 4.74 Å². The smallest absolute Gasteiger partial charge is 0.137 e. The molecule has 0 fully saturated rings. The molecule has 0 spiro atoms. The van der Waals surface area contributed by atoms with Crippen LogP contribution in [-0.2, 0) is 5.33 Å². The van der Waals surface area contributed by atoms with E-state index in [1.165, 1.54) is 0 Å². The van der Waals surface area contributed by atoms with E-state index in [0.717, 1.165) is 22.4 Å². The molecule has 0 aliphatic carbocycles. The molecule has 78 valence electrons. The molecule has 0 N–H and O–H groups in total. The second kappa shape index (κ2) is 6.59. The molecule has 0 saturated carbocycles. The highest BCUT2D eigenvalue weighted by molar-refractivity contribution is 9.08. The Morgan fingerprint density at radius 1 is 1.50 bits per heavy atom. The minimum Gasteiger partial charge on any atom is -0.491 e. The predicted molar refractivity (Wildman–Crippen MR) is 68.0 cm³/mol. The zero-order chi connectivity index (χ0) is 10.4. The van der Waals surface area contributed by atoms with E-state index in [2.05, 4.69) is 22.2 Å². The number of ether oxygens (including phenoxy) is 1. The van der Waals surface area contributed by atoms with Gasteiger partial charge in [0, 0.05) is 11.1 Å². The van der Waals surface area contributed by atoms with Crippen LogP contribution in [0.1, 0.15) is 5.56 Å². The first-order chi connectivity index (χ1) is 6.77. The lowest BCUT2D eigenvalue weighted by Crippen LogP contribution is -2.00. The second-order valence-corrected chi connectivity index (χ2v) is 4.69. The molecule has 1 nitrogen and oxygen atoms in total. The third-order valence-electron chi connectivity index (χ3n) is 1.70. The molecule has 0 aliphatic heterocycles. The van der Waals surface area contributed by atoms with Gasteiger partial charge in [-0.3, -0.25) is 0 Å². The normalized spacial score (nSPS) is 10.2. The van der Waals surface area contributed by atoms with Gasteiger partial charge in [-0.15, -0.1) is 0 Å². The summed E-state index contributed by atoms with van der Waals surface area (Å²) in [5.41, 5.74) is 1.16. The summed E-state index contributed by atoms with van der Waals surface area (Å²) < 4.78 is 5.51. The Morgan fingerprint density at radius 3 is 2.86 bits per heavy atom. The lowest BCUT2D eigenvalue weighted by molar-refractivity contribution is 0.344. The van der Waals surface area contributed by atoms with Crippen molar-refractivity contribution in [2.24, 2.45) is 0 Å². The predicted octanol–water partition coefficient (Wildman–Crippen LogP) is 3.98. The average molecular weight is 296 g/mol. The Morgan fingerprint density at radius 2 is 2.29 bits per heavy atom. The van der Waals surface area contributed by atoms with Gasteiger partial charge in [0.05, 0.1) is 11.6 Å². The van der Waals surface area contributed by atoms with E-state index in [1.54, 1.807) is 11.8 Å². The van der Waals surface area contributed by atoms with E-state index in [4.69, 9.17) is 16.3 Å². The molecule has 1 aromatic carbocycles. The fraction of sp³-hybridized carbons (Fsp3) is 0.400. The fourth-order valence-electron chi connectivity index (χ4n) is 0.979. The molecule has 14 heavy (non-hydrogen) atoms. The SMILES string of the molecule is CSCCOc1ccc(CBr)cc1Cl. The molecule has 1 aromatic rings. The minimum absolute atomic E-state index is 0.683. The van der Waals surface area contributed by atoms with E-state index in [-0.39, 0.29) is 0 Å². The van der Waals surface area contributed by atoms with Crippen LogP contribution in [0.2, 0.25) is 5.02 Å². The van der Waals surface area contributed by atoms with Gasteiger partial charge in [-0.25, -0.2) is 0 Å². The van der Waals surface area contributed by atoms with Gasteiger partial charge in [-0.1, -0.05) is 33.6 Å². The van der Waals surface area contributed by atoms with Gasteiger partial charge in [0.15, 0.2) is 0 Å². The van der Waals surface area contributed by atoms with E-state index >= 15 is 0 Å². The van der Waals surface area contributed by atoms with Crippen LogP contribution in [0.15, 0.2) is 18.2 Å². The van der Waals surface area contributed by atoms with Crippen molar-refractivity contribution in [3.63, 3.8) is 0 Å². The largest absolute Gasteiger partial charge is 0.491 e. The second-order valence-electron chi connectivity index (χ2n) is 2.74. The standard InChI is InChI=1S/C10H12BrClOS/c1-14-5-4-13-10-3-2-8(7-11)6-9(10)12/h2-3,6H,4-5,7H2,1H3. The van der Waals surface area contributed by atoms with Crippen LogP contribution in [0.5, 0.6) is 5.75 Å². The average Bonchev–Trinajstić information content (AvgIpc) is 2.20. The summed E-state index contributed by atoms with van der Waals surface area (Å²) in [5.74, 6) is 1.75. The highest BCUT2D eigenvalue weighted by atomic mass is 79.9. The minimum atomic E-state index is 0.683. The molecule has 0 saturated heterocycles. The molecule has 0 heterocycles. The Balaban J connectivity index is 2.59. The third kappa shape index (κ3) is 3.71. The first-order valence-electron chi connectivity index (χ1n) is 4.24. The zero-order valence-electron chi connectivity index (χ0n) is 7.93. The molecule has 0 bridgehead atoms. The number of hydrogen-bond donors (Lipinski definition) is 0. The van der Waals surface area contributed by atoms with Crippen molar-refractivity contribution in [1.82, 2.24) is 0 Å². The zero-order valence-corrected chi connectivity index (χ0v) is 11.1. The number of rotatable bonds is 5. The van der Waals surface area contributed by atoms with Crippen LogP contribution < -0.4 is 4.74 Å². The van der Waals surface area contributed by atoms with E-state index in [9.17, 15) is 0 Å². The summed E-state index contributed by atoms with van der Waals surface area (Å²) >= 11 is 11.2. The molecule has 4 heteroatoms. The van der Waals surface area contributed by atoms with Gasteiger partial charge >= 0.3 is 0 Å². The van der Waals surface area contributed by atoms with Gasteiger partial charge in [0.2, 0.25) is 0 Å². The molecular formula is C10H12BrClOS. The van der Waals surface area contributed by atoms with Crippen molar-refractivity contribution >= 4 is 39.3 Å². The van der Waals surface area contributed by atoms with Crippen LogP contribution in [0.4, 0.5) is 0 Å². The number of alkyl halides is 1. The van der Waals surface area contributed by atoms with Crippen LogP contribution in [0.25, 0.3) is 0 Å². The maximum Gasteiger partial charge on any atom is 0.137 e. The summed E-state index contributed by atoms with van der Waals surface area (Å²) in [5, 5.41) is 1.50. The number of hydrogen-bond acceptors (Lipinski definition) is 2. The van der Waals surface area contributed by atoms with Crippen LogP contribution in [0, 0.1) is 0 Å². The summed E-state index contributed by atoms with van der Waals surface area (Å²) in [6.07, 6.45) is 2.05. The first kappa shape index (κ1) is 12.2. The topological polar surface area (TPSA) is 9.23 Å². The molecule has 0 unspecified atom stereocenters. The Labute approximate surface area is 102 Å². The molecule has 0 aliphatic rings. The van der Waals surface area contributed by atoms with Crippen molar-refractivity contribution in [2.75, 3.05) is 18.6 Å². The summed E-state index contributed by atoms with van der Waals surface area (Å²) in [6.45, 7) is 0.703. The van der Waals surface area contributed by atoms with Gasteiger partial charge in [-0.05, 0) is 24.0 Å². The number of benzene rings is 1. The van der Waals surface area contributed by atoms with Crippen molar-refractivity contribution in [1.29, 1.82) is 0 Å². The fourth-order valence-corrected chi connectivity index (χ4v) is 1.84. The van der Waals surface area contributed by atoms with E-state index in [1.807, 2.05) is 18.2 Å². The van der Waals surface area contributed by atoms with Crippen molar-refractivity contribution in [3.8, 4) is 5.75 Å². The quantitative estimate of drug-likeness (QED) is 0.600. The van der Waals surface area contributed by atoms with Crippen LogP contribution >= 0.6 is 39.3 Å². The van der Waals surface area contributed by atoms with E-state index in [0.29, 0.717) is 11.6 Å². The molecule has 1 rings (SSSR count). The van der Waals surface area contributed by atoms with E-state index < -0.39 is 0 Å². The highest BCUT2D eigenvalue weighted by Crippen LogP contribution is 2.26. The van der Waals surface area contributed by atoms with Crippen molar-refractivity contribution in [2.45, 2.75) is 5.33 Å². The lowest BCUT2D eigenvalue weighted by atomic mass is 10.2. The van der Waals surface area contributed by atoms with Crippen LogP contribution in [0.3, 0.4) is 0 Å². The van der Waals surface area contributed by atoms with Gasteiger partial charge in [0.25, 0.3) is 0 Å². The molecule has 0 atom stereocenters. The maximum absolute atomic E-state index is 6.03. The Bertz CT molecular complexity index is 293. The maximum atomic E-state index is 6.03. The summed E-state index contributed by atoms with van der Waals surface area (Å²) in [4.78, 5) is 0. The third-order valence-corrected chi connectivity index (χ3v) is 3.21. The Kier molecular flexibility index (Phi) is 5.75. The van der Waals surface area contributed by atoms with Crippen molar-refractivity contribution in [3.05, 3.63) is 28.8 Å². The van der Waals surface area contributed by atoms with Crippen LogP contribution in [-0.4, -0.2) is 18.6 Å². The van der Waals surface area contributed by atoms with Gasteiger partial charge in [0.1, 0.15) is 5.75 Å².